The van der Waals surface area contributed by atoms with Crippen molar-refractivity contribution in [1.82, 2.24) is 10.6 Å². The van der Waals surface area contributed by atoms with E-state index < -0.39 is 72.9 Å². The van der Waals surface area contributed by atoms with E-state index in [1.807, 2.05) is 6.07 Å². The lowest BCUT2D eigenvalue weighted by Crippen LogP contribution is -2.52. The van der Waals surface area contributed by atoms with Crippen LogP contribution in [0.2, 0.25) is 0 Å². The van der Waals surface area contributed by atoms with Crippen LogP contribution in [0.3, 0.4) is 0 Å². The summed E-state index contributed by atoms with van der Waals surface area (Å²) in [5.41, 5.74) is 1.58. The van der Waals surface area contributed by atoms with Crippen LogP contribution in [0.5, 0.6) is 0 Å². The Kier molecular flexibility index (Phi) is 12.6. The second kappa shape index (κ2) is 18.1. The number of esters is 3. The maximum atomic E-state index is 13.8. The molecule has 6 rings (SSSR count). The van der Waals surface area contributed by atoms with Gasteiger partial charge in [-0.3, -0.25) is 9.53 Å². The van der Waals surface area contributed by atoms with Crippen molar-refractivity contribution in [2.45, 2.75) is 49.6 Å². The van der Waals surface area contributed by atoms with Gasteiger partial charge in [0.2, 0.25) is 5.91 Å². The Morgan fingerprint density at radius 3 is 1.98 bits per heavy atom. The van der Waals surface area contributed by atoms with Gasteiger partial charge in [-0.1, -0.05) is 110 Å². The third-order valence-electron chi connectivity index (χ3n) is 8.47. The van der Waals surface area contributed by atoms with Crippen LogP contribution in [0, 0.1) is 0 Å². The molecule has 2 amide bonds. The smallest absolute Gasteiger partial charge is 0.408 e. The highest BCUT2D eigenvalue weighted by molar-refractivity contribution is 5.90. The van der Waals surface area contributed by atoms with Crippen molar-refractivity contribution in [3.8, 4) is 0 Å². The first-order valence-electron chi connectivity index (χ1n) is 17.4. The number of amides is 2. The minimum absolute atomic E-state index is 0.0860. The summed E-state index contributed by atoms with van der Waals surface area (Å²) in [7, 11) is 0. The van der Waals surface area contributed by atoms with Gasteiger partial charge in [-0.2, -0.15) is 0 Å². The monoisotopic (exact) mass is 750 g/mol. The molecule has 0 aromatic heterocycles. The molecule has 2 aliphatic heterocycles. The van der Waals surface area contributed by atoms with Crippen LogP contribution in [-0.2, 0) is 55.3 Å². The molecule has 2 fully saturated rings. The quantitative estimate of drug-likeness (QED) is 0.0988. The standard InChI is InChI=1S/C41H38N2O12/c1-2-23-49-38(47)31(42-40(48)51-25-27-15-7-3-8-16-27)24-33(44)43-41(30-21-13-6-14-22-30)54-35-34(53-37(46)29-19-11-5-12-20-29)32(52-39(35)55-41)26-50-36(45)28-17-9-4-10-18-28/h2-22,31-32,34-35,39H,1,23-26H2,(H,42,48)(H,43,44)/t31-,32+,34+,35+,39+,41?/m0/s1. The van der Waals surface area contributed by atoms with Crippen LogP contribution in [0.25, 0.3) is 0 Å². The van der Waals surface area contributed by atoms with E-state index in [1.165, 1.54) is 6.08 Å². The molecule has 6 atom stereocenters. The van der Waals surface area contributed by atoms with Crippen LogP contribution < -0.4 is 10.6 Å². The van der Waals surface area contributed by atoms with E-state index in [1.54, 1.807) is 115 Å². The summed E-state index contributed by atoms with van der Waals surface area (Å²) < 4.78 is 40.8. The molecule has 14 heteroatoms. The summed E-state index contributed by atoms with van der Waals surface area (Å²) in [6.45, 7) is 2.94. The summed E-state index contributed by atoms with van der Waals surface area (Å²) >= 11 is 0. The van der Waals surface area contributed by atoms with E-state index in [0.29, 0.717) is 16.7 Å². The maximum absolute atomic E-state index is 13.8. The Labute approximate surface area is 316 Å². The van der Waals surface area contributed by atoms with E-state index in [2.05, 4.69) is 17.2 Å². The topological polar surface area (TPSA) is 174 Å². The predicted octanol–water partition coefficient (Wildman–Crippen LogP) is 4.55. The molecule has 2 N–H and O–H groups in total. The van der Waals surface area contributed by atoms with E-state index >= 15 is 0 Å². The van der Waals surface area contributed by atoms with Crippen molar-refractivity contribution in [3.05, 3.63) is 156 Å². The average Bonchev–Trinajstić information content (AvgIpc) is 3.73. The van der Waals surface area contributed by atoms with Crippen molar-refractivity contribution in [1.29, 1.82) is 0 Å². The summed E-state index contributed by atoms with van der Waals surface area (Å²) in [6, 6.07) is 32.3. The molecule has 4 aromatic carbocycles. The fraction of sp³-hybridized carbons (Fsp3) is 0.244. The molecule has 14 nitrogen and oxygen atoms in total. The minimum atomic E-state index is -2.03. The summed E-state index contributed by atoms with van der Waals surface area (Å²) in [5, 5.41) is 5.09. The van der Waals surface area contributed by atoms with Gasteiger partial charge in [0.15, 0.2) is 18.5 Å². The number of alkyl carbamates (subject to hydrolysis) is 1. The minimum Gasteiger partial charge on any atom is -0.460 e. The Bertz CT molecular complexity index is 1950. The maximum Gasteiger partial charge on any atom is 0.408 e. The SMILES string of the molecule is C=CCOC(=O)[C@H](CC(=O)NC1(c2ccccc2)O[C@H]2O[C@H](COC(=O)c3ccccc3)[C@@H](OC(=O)c3ccccc3)[C@H]2O1)NC(=O)OCc1ccccc1. The lowest BCUT2D eigenvalue weighted by atomic mass is 10.1. The molecule has 2 saturated heterocycles. The summed E-state index contributed by atoms with van der Waals surface area (Å²) in [4.78, 5) is 65.7. The molecule has 4 aromatic rings. The summed E-state index contributed by atoms with van der Waals surface area (Å²) in [5.74, 6) is -5.08. The normalized spacial score (nSPS) is 21.6. The van der Waals surface area contributed by atoms with E-state index in [4.69, 9.17) is 33.2 Å². The zero-order chi connectivity index (χ0) is 38.6. The molecule has 0 bridgehead atoms. The number of ether oxygens (including phenoxy) is 7. The van der Waals surface area contributed by atoms with Crippen molar-refractivity contribution < 1.29 is 57.1 Å². The molecule has 1 unspecified atom stereocenters. The third kappa shape index (κ3) is 9.80. The van der Waals surface area contributed by atoms with Crippen LogP contribution in [-0.4, -0.2) is 73.8 Å². The van der Waals surface area contributed by atoms with Gasteiger partial charge in [0.1, 0.15) is 32.0 Å². The van der Waals surface area contributed by atoms with Gasteiger partial charge < -0.3 is 39.1 Å². The zero-order valence-electron chi connectivity index (χ0n) is 29.4. The van der Waals surface area contributed by atoms with Crippen LogP contribution in [0.1, 0.15) is 38.3 Å². The van der Waals surface area contributed by atoms with E-state index in [9.17, 15) is 24.0 Å². The third-order valence-corrected chi connectivity index (χ3v) is 8.47. The van der Waals surface area contributed by atoms with E-state index in [0.717, 1.165) is 0 Å². The first-order chi connectivity index (χ1) is 26.7. The highest BCUT2D eigenvalue weighted by atomic mass is 16.9. The van der Waals surface area contributed by atoms with E-state index in [-0.39, 0.29) is 25.4 Å². The highest BCUT2D eigenvalue weighted by Crippen LogP contribution is 2.43. The lowest BCUT2D eigenvalue weighted by Gasteiger charge is -2.32. The summed E-state index contributed by atoms with van der Waals surface area (Å²) in [6.07, 6.45) is -4.86. The second-order valence-corrected chi connectivity index (χ2v) is 12.4. The number of benzene rings is 4. The first kappa shape index (κ1) is 38.4. The number of rotatable bonds is 15. The molecule has 2 heterocycles. The van der Waals surface area contributed by atoms with Gasteiger partial charge in [0, 0.05) is 5.56 Å². The number of hydrogen-bond acceptors (Lipinski definition) is 12. The average molecular weight is 751 g/mol. The number of nitrogens with one attached hydrogen (secondary N) is 2. The number of carbonyl (C=O) groups excluding carboxylic acids is 5. The zero-order valence-corrected chi connectivity index (χ0v) is 29.4. The van der Waals surface area contributed by atoms with Crippen LogP contribution in [0.15, 0.2) is 134 Å². The Morgan fingerprint density at radius 2 is 1.35 bits per heavy atom. The van der Waals surface area contributed by atoms with Gasteiger partial charge in [0.05, 0.1) is 17.5 Å². The van der Waals surface area contributed by atoms with Crippen molar-refractivity contribution in [2.24, 2.45) is 0 Å². The molecule has 0 spiro atoms. The van der Waals surface area contributed by atoms with Gasteiger partial charge in [-0.15, -0.1) is 0 Å². The fourth-order valence-corrected chi connectivity index (χ4v) is 5.84. The van der Waals surface area contributed by atoms with Crippen molar-refractivity contribution in [2.75, 3.05) is 13.2 Å². The van der Waals surface area contributed by atoms with Gasteiger partial charge >= 0.3 is 24.0 Å². The molecular formula is C41H38N2O12. The Morgan fingerprint density at radius 1 is 0.745 bits per heavy atom. The van der Waals surface area contributed by atoms with Crippen LogP contribution >= 0.6 is 0 Å². The lowest BCUT2D eigenvalue weighted by molar-refractivity contribution is -0.257. The van der Waals surface area contributed by atoms with Crippen molar-refractivity contribution >= 4 is 29.9 Å². The molecule has 284 valence electrons. The highest BCUT2D eigenvalue weighted by Gasteiger charge is 2.61. The molecule has 2 aliphatic rings. The Hall–Kier alpha value is -6.35. The number of hydrogen-bond donors (Lipinski definition) is 2. The second-order valence-electron chi connectivity index (χ2n) is 12.4. The predicted molar refractivity (Wildman–Crippen MR) is 193 cm³/mol. The van der Waals surface area contributed by atoms with Gasteiger partial charge in [0.25, 0.3) is 5.91 Å². The number of carbonyl (C=O) groups is 5. The molecule has 0 saturated carbocycles. The molecule has 0 radical (unpaired) electrons. The largest absolute Gasteiger partial charge is 0.460 e. The fourth-order valence-electron chi connectivity index (χ4n) is 5.84. The Balaban J connectivity index is 1.20. The molecule has 55 heavy (non-hydrogen) atoms. The van der Waals surface area contributed by atoms with Gasteiger partial charge in [-0.05, 0) is 29.8 Å². The molecular weight excluding hydrogens is 712 g/mol. The number of fused-ring (bicyclic) bond motifs is 1. The first-order valence-corrected chi connectivity index (χ1v) is 17.4. The van der Waals surface area contributed by atoms with Crippen LogP contribution in [0.4, 0.5) is 4.79 Å². The van der Waals surface area contributed by atoms with Crippen molar-refractivity contribution in [3.63, 3.8) is 0 Å². The molecule has 0 aliphatic carbocycles. The van der Waals surface area contributed by atoms with Gasteiger partial charge in [-0.25, -0.2) is 19.2 Å².